The molecule has 0 heterocycles. The van der Waals surface area contributed by atoms with E-state index in [1.807, 2.05) is 31.2 Å². The van der Waals surface area contributed by atoms with Crippen LogP contribution in [0.25, 0.3) is 0 Å². The van der Waals surface area contributed by atoms with Crippen molar-refractivity contribution < 1.29 is 18.0 Å². The molecule has 196 valence electrons. The lowest BCUT2D eigenvalue weighted by Gasteiger charge is -2.32. The molecule has 1 atom stereocenters. The molecule has 11 heteroatoms. The second-order valence-electron chi connectivity index (χ2n) is 8.39. The molecule has 1 N–H and O–H groups in total. The summed E-state index contributed by atoms with van der Waals surface area (Å²) in [6.07, 6.45) is 0. The molecule has 0 radical (unpaired) electrons. The molecule has 0 bridgehead atoms. The quantitative estimate of drug-likeness (QED) is 0.344. The number of carbonyl (C=O) groups is 2. The number of halogens is 3. The second kappa shape index (κ2) is 12.3. The molecular weight excluding hydrogens is 601 g/mol. The first kappa shape index (κ1) is 29.0. The van der Waals surface area contributed by atoms with Crippen LogP contribution in [-0.2, 0) is 26.2 Å². The second-order valence-corrected chi connectivity index (χ2v) is 12.0. The van der Waals surface area contributed by atoms with Gasteiger partial charge in [0.05, 0.1) is 10.6 Å². The molecule has 0 saturated heterocycles. The van der Waals surface area contributed by atoms with Gasteiger partial charge < -0.3 is 10.2 Å². The molecule has 0 aromatic heterocycles. The molecule has 3 aromatic rings. The lowest BCUT2D eigenvalue weighted by molar-refractivity contribution is -0.139. The van der Waals surface area contributed by atoms with Crippen LogP contribution < -0.4 is 9.62 Å². The first-order valence-electron chi connectivity index (χ1n) is 11.2. The topological polar surface area (TPSA) is 86.8 Å². The maximum absolute atomic E-state index is 13.8. The smallest absolute Gasteiger partial charge is 0.264 e. The van der Waals surface area contributed by atoms with Crippen LogP contribution in [0.15, 0.2) is 76.1 Å². The van der Waals surface area contributed by atoms with Crippen LogP contribution in [0, 0.1) is 6.92 Å². The third-order valence-corrected chi connectivity index (χ3v) is 8.46. The SMILES string of the molecule is CNC(=O)[C@H](C)N(Cc1ccc(Br)cc1)C(=O)CN(c1cc(Cl)cc(Cl)c1)S(=O)(=O)c1ccc(C)cc1. The van der Waals surface area contributed by atoms with Gasteiger partial charge in [-0.1, -0.05) is 69.0 Å². The van der Waals surface area contributed by atoms with E-state index in [1.54, 1.807) is 19.1 Å². The number of hydrogen-bond acceptors (Lipinski definition) is 4. The van der Waals surface area contributed by atoms with Crippen molar-refractivity contribution in [2.75, 3.05) is 17.9 Å². The van der Waals surface area contributed by atoms with E-state index in [4.69, 9.17) is 23.2 Å². The highest BCUT2D eigenvalue weighted by molar-refractivity contribution is 9.10. The number of anilines is 1. The largest absolute Gasteiger partial charge is 0.357 e. The number of carbonyl (C=O) groups excluding carboxylic acids is 2. The Balaban J connectivity index is 2.06. The molecule has 2 amide bonds. The number of aryl methyl sites for hydroxylation is 1. The average Bonchev–Trinajstić information content (AvgIpc) is 2.85. The summed E-state index contributed by atoms with van der Waals surface area (Å²) in [4.78, 5) is 27.6. The van der Waals surface area contributed by atoms with Crippen LogP contribution in [0.2, 0.25) is 10.0 Å². The number of rotatable bonds is 9. The molecule has 37 heavy (non-hydrogen) atoms. The van der Waals surface area contributed by atoms with Gasteiger partial charge in [0, 0.05) is 28.1 Å². The van der Waals surface area contributed by atoms with E-state index >= 15 is 0 Å². The molecule has 0 spiro atoms. The summed E-state index contributed by atoms with van der Waals surface area (Å²) in [5.74, 6) is -0.963. The highest BCUT2D eigenvalue weighted by Gasteiger charge is 2.32. The lowest BCUT2D eigenvalue weighted by atomic mass is 10.1. The Bertz CT molecular complexity index is 1360. The minimum atomic E-state index is -4.20. The van der Waals surface area contributed by atoms with E-state index < -0.39 is 28.5 Å². The molecule has 0 fully saturated rings. The molecule has 3 aromatic carbocycles. The van der Waals surface area contributed by atoms with Gasteiger partial charge in [0.15, 0.2) is 0 Å². The summed E-state index contributed by atoms with van der Waals surface area (Å²) < 4.78 is 29.4. The van der Waals surface area contributed by atoms with E-state index in [2.05, 4.69) is 21.2 Å². The third-order valence-electron chi connectivity index (χ3n) is 5.70. The van der Waals surface area contributed by atoms with E-state index in [0.29, 0.717) is 0 Å². The highest BCUT2D eigenvalue weighted by atomic mass is 79.9. The van der Waals surface area contributed by atoms with E-state index in [9.17, 15) is 18.0 Å². The molecule has 3 rings (SSSR count). The Morgan fingerprint density at radius 3 is 2.08 bits per heavy atom. The number of sulfonamides is 1. The Morgan fingerprint density at radius 1 is 0.973 bits per heavy atom. The normalized spacial score (nSPS) is 12.1. The monoisotopic (exact) mass is 625 g/mol. The van der Waals surface area contributed by atoms with Gasteiger partial charge in [0.25, 0.3) is 10.0 Å². The number of likely N-dealkylation sites (N-methyl/N-ethyl adjacent to an activating group) is 1. The predicted octanol–water partition coefficient (Wildman–Crippen LogP) is 5.42. The maximum atomic E-state index is 13.8. The minimum Gasteiger partial charge on any atom is -0.357 e. The van der Waals surface area contributed by atoms with Crippen molar-refractivity contribution >= 4 is 66.7 Å². The summed E-state index contributed by atoms with van der Waals surface area (Å²) in [6.45, 7) is 2.94. The van der Waals surface area contributed by atoms with Crippen molar-refractivity contribution in [3.63, 3.8) is 0 Å². The Kier molecular flexibility index (Phi) is 9.63. The zero-order valence-electron chi connectivity index (χ0n) is 20.4. The van der Waals surface area contributed by atoms with Crippen molar-refractivity contribution in [2.24, 2.45) is 0 Å². The van der Waals surface area contributed by atoms with E-state index in [-0.39, 0.29) is 33.1 Å². The van der Waals surface area contributed by atoms with Crippen LogP contribution in [0.5, 0.6) is 0 Å². The van der Waals surface area contributed by atoms with Crippen LogP contribution >= 0.6 is 39.1 Å². The number of benzene rings is 3. The summed E-state index contributed by atoms with van der Waals surface area (Å²) in [7, 11) is -2.73. The van der Waals surface area contributed by atoms with Crippen LogP contribution in [0.1, 0.15) is 18.1 Å². The van der Waals surface area contributed by atoms with Gasteiger partial charge in [-0.15, -0.1) is 0 Å². The van der Waals surface area contributed by atoms with Gasteiger partial charge in [0.2, 0.25) is 11.8 Å². The van der Waals surface area contributed by atoms with Crippen molar-refractivity contribution in [1.29, 1.82) is 0 Å². The lowest BCUT2D eigenvalue weighted by Crippen LogP contribution is -2.50. The maximum Gasteiger partial charge on any atom is 0.264 e. The fourth-order valence-electron chi connectivity index (χ4n) is 3.63. The van der Waals surface area contributed by atoms with Gasteiger partial charge in [-0.3, -0.25) is 13.9 Å². The van der Waals surface area contributed by atoms with Gasteiger partial charge in [-0.2, -0.15) is 0 Å². The van der Waals surface area contributed by atoms with E-state index in [0.717, 1.165) is 19.9 Å². The van der Waals surface area contributed by atoms with Gasteiger partial charge in [0.1, 0.15) is 12.6 Å². The van der Waals surface area contributed by atoms with Crippen molar-refractivity contribution in [2.45, 2.75) is 31.3 Å². The molecular formula is C26H26BrCl2N3O4S. The third kappa shape index (κ3) is 7.25. The fourth-order valence-corrected chi connectivity index (χ4v) is 5.80. The average molecular weight is 627 g/mol. The standard InChI is InChI=1S/C26H26BrCl2N3O4S/c1-17-4-10-24(11-5-17)37(35,36)32(23-13-21(28)12-22(29)14-23)16-25(33)31(18(2)26(34)30-3)15-19-6-8-20(27)9-7-19/h4-14,18H,15-16H2,1-3H3,(H,30,34)/t18-/m0/s1. The molecule has 0 aliphatic heterocycles. The summed E-state index contributed by atoms with van der Waals surface area (Å²) >= 11 is 15.7. The van der Waals surface area contributed by atoms with Crippen LogP contribution in [0.4, 0.5) is 5.69 Å². The first-order chi connectivity index (χ1) is 17.4. The molecule has 0 aliphatic carbocycles. The zero-order valence-corrected chi connectivity index (χ0v) is 24.3. The van der Waals surface area contributed by atoms with Gasteiger partial charge in [-0.25, -0.2) is 8.42 Å². The molecule has 0 saturated carbocycles. The van der Waals surface area contributed by atoms with Crippen molar-refractivity contribution in [3.8, 4) is 0 Å². The Morgan fingerprint density at radius 2 is 1.54 bits per heavy atom. The van der Waals surface area contributed by atoms with Crippen molar-refractivity contribution in [3.05, 3.63) is 92.4 Å². The zero-order chi connectivity index (χ0) is 27.3. The van der Waals surface area contributed by atoms with E-state index in [1.165, 1.54) is 42.3 Å². The highest BCUT2D eigenvalue weighted by Crippen LogP contribution is 2.30. The molecule has 7 nitrogen and oxygen atoms in total. The number of nitrogens with one attached hydrogen (secondary N) is 1. The van der Waals surface area contributed by atoms with Gasteiger partial charge >= 0.3 is 0 Å². The number of hydrogen-bond donors (Lipinski definition) is 1. The minimum absolute atomic E-state index is 0.000747. The van der Waals surface area contributed by atoms with Crippen LogP contribution in [-0.4, -0.2) is 44.8 Å². The van der Waals surface area contributed by atoms with Crippen LogP contribution in [0.3, 0.4) is 0 Å². The summed E-state index contributed by atoms with van der Waals surface area (Å²) in [5.41, 5.74) is 1.78. The fraction of sp³-hybridized carbons (Fsp3) is 0.231. The predicted molar refractivity (Wildman–Crippen MR) is 150 cm³/mol. The molecule has 0 aliphatic rings. The number of nitrogens with zero attached hydrogens (tertiary/aromatic N) is 2. The summed E-state index contributed by atoms with van der Waals surface area (Å²) in [6, 6.07) is 17.0. The summed E-state index contributed by atoms with van der Waals surface area (Å²) in [5, 5.41) is 2.97. The number of amides is 2. The Labute approximate surface area is 235 Å². The van der Waals surface area contributed by atoms with Gasteiger partial charge in [-0.05, 0) is 61.9 Å². The Hall–Kier alpha value is -2.59. The first-order valence-corrected chi connectivity index (χ1v) is 14.2. The molecule has 0 unspecified atom stereocenters. The van der Waals surface area contributed by atoms with Crippen molar-refractivity contribution in [1.82, 2.24) is 10.2 Å².